The van der Waals surface area contributed by atoms with Crippen molar-refractivity contribution in [2.45, 2.75) is 90.4 Å². The summed E-state index contributed by atoms with van der Waals surface area (Å²) in [6.45, 7) is 2.29. The second-order valence-corrected chi connectivity index (χ2v) is 11.7. The van der Waals surface area contributed by atoms with Crippen molar-refractivity contribution < 1.29 is 19.8 Å². The number of unbranched alkanes of at least 4 members (excludes halogenated alkanes) is 11. The van der Waals surface area contributed by atoms with Crippen molar-refractivity contribution >= 4 is 91.5 Å². The van der Waals surface area contributed by atoms with Gasteiger partial charge in [0.25, 0.3) is 0 Å². The summed E-state index contributed by atoms with van der Waals surface area (Å²) in [6.07, 6.45) is 18.5. The van der Waals surface area contributed by atoms with Gasteiger partial charge in [-0.25, -0.2) is 0 Å². The van der Waals surface area contributed by atoms with E-state index in [1.54, 1.807) is 5.56 Å². The number of hydrogen-bond donors (Lipinski definition) is 3. The molecule has 0 aliphatic rings. The van der Waals surface area contributed by atoms with E-state index < -0.39 is 0 Å². The van der Waals surface area contributed by atoms with Gasteiger partial charge in [-0.15, -0.1) is 0 Å². The predicted octanol–water partition coefficient (Wildman–Crippen LogP) is 5.43. The third kappa shape index (κ3) is 46.3. The molecule has 1 rings (SSSR count). The molecule has 0 heterocycles. The summed E-state index contributed by atoms with van der Waals surface area (Å²) >= 11 is 26.9. The summed E-state index contributed by atoms with van der Waals surface area (Å²) in [5, 5.41) is 0. The monoisotopic (exact) mass is 647 g/mol. The van der Waals surface area contributed by atoms with E-state index in [0.717, 1.165) is 0 Å². The van der Waals surface area contributed by atoms with Crippen molar-refractivity contribution in [3.8, 4) is 0 Å². The Kier molecular flexibility index (Phi) is 34.7. The van der Waals surface area contributed by atoms with Crippen LogP contribution in [-0.2, 0) is 64.1 Å². The average Bonchev–Trinajstić information content (AvgIpc) is 2.69. The summed E-state index contributed by atoms with van der Waals surface area (Å²) in [5.74, 6) is 0. The molecule has 0 bridgehead atoms. The van der Waals surface area contributed by atoms with Crippen LogP contribution in [0.2, 0.25) is 0 Å². The van der Waals surface area contributed by atoms with Gasteiger partial charge >= 0.3 is 118 Å². The second kappa shape index (κ2) is 30.3. The fourth-order valence-electron chi connectivity index (χ4n) is 2.87. The van der Waals surface area contributed by atoms with Gasteiger partial charge in [-0.05, 0) is 0 Å². The fourth-order valence-corrected chi connectivity index (χ4v) is 3.48. The van der Waals surface area contributed by atoms with Gasteiger partial charge in [0.15, 0.2) is 0 Å². The Labute approximate surface area is 246 Å². The van der Waals surface area contributed by atoms with Crippen LogP contribution in [0.1, 0.15) is 89.5 Å². The van der Waals surface area contributed by atoms with Crippen molar-refractivity contribution in [3.05, 3.63) is 29.8 Å². The number of rotatable bonds is 13. The van der Waals surface area contributed by atoms with Crippen LogP contribution in [0.5, 0.6) is 0 Å². The van der Waals surface area contributed by atoms with E-state index in [9.17, 15) is 0 Å². The summed E-state index contributed by atoms with van der Waals surface area (Å²) in [6, 6.07) is 8.84. The molecule has 0 spiro atoms. The van der Waals surface area contributed by atoms with Gasteiger partial charge in [-0.1, -0.05) is 39.1 Å². The first-order valence-corrected chi connectivity index (χ1v) is 14.6. The van der Waals surface area contributed by atoms with Crippen LogP contribution in [0.15, 0.2) is 24.3 Å². The van der Waals surface area contributed by atoms with Crippen molar-refractivity contribution in [3.63, 3.8) is 0 Å². The first-order chi connectivity index (χ1) is 15.5. The molecular formula is C23H39MoN3S6. The first kappa shape index (κ1) is 37.8. The summed E-state index contributed by atoms with van der Waals surface area (Å²) in [5.41, 5.74) is 15.5. The van der Waals surface area contributed by atoms with Gasteiger partial charge < -0.3 is 91.7 Å². The number of thiocarbonyl (C=S) groups is 3. The van der Waals surface area contributed by atoms with E-state index in [4.69, 9.17) is 0 Å². The maximum absolute atomic E-state index is 4.66. The van der Waals surface area contributed by atoms with Crippen molar-refractivity contribution in [1.82, 2.24) is 0 Å². The SMILES string of the molecule is CCCCCCCCCCCCCCc1cccc[c]1[Mo+3].NC(=S)[S-].NC(=S)[S-].NC(=S)[S-]. The average molecular weight is 646 g/mol. The summed E-state index contributed by atoms with van der Waals surface area (Å²) in [4.78, 5) is 0. The Morgan fingerprint density at radius 1 is 0.667 bits per heavy atom. The Balaban J connectivity index is -0.000000618. The first-order valence-electron chi connectivity index (χ1n) is 11.2. The molecule has 10 heteroatoms. The molecular weight excluding hydrogens is 607 g/mol. The maximum atomic E-state index is 4.66. The van der Waals surface area contributed by atoms with Crippen molar-refractivity contribution in [2.75, 3.05) is 0 Å². The maximum Gasteiger partial charge on any atom is -0.0708 e. The number of benzene rings is 1. The van der Waals surface area contributed by atoms with Gasteiger partial charge in [-0.2, -0.15) is 0 Å². The molecule has 0 aliphatic carbocycles. The molecule has 0 atom stereocenters. The molecule has 1 aromatic rings. The zero-order valence-corrected chi connectivity index (χ0v) is 26.5. The quantitative estimate of drug-likeness (QED) is 0.113. The van der Waals surface area contributed by atoms with Gasteiger partial charge in [0.2, 0.25) is 0 Å². The topological polar surface area (TPSA) is 78.1 Å². The number of hydrogen-bond acceptors (Lipinski definition) is 6. The molecule has 0 saturated carbocycles. The Morgan fingerprint density at radius 3 is 1.30 bits per heavy atom. The van der Waals surface area contributed by atoms with Gasteiger partial charge in [0, 0.05) is 0 Å². The van der Waals surface area contributed by atoms with Crippen LogP contribution in [0, 0.1) is 0 Å². The van der Waals surface area contributed by atoms with E-state index in [1.807, 2.05) is 0 Å². The number of aryl methyl sites for hydroxylation is 1. The molecule has 0 aromatic heterocycles. The Hall–Kier alpha value is 0.238. The van der Waals surface area contributed by atoms with Crippen LogP contribution in [0.4, 0.5) is 0 Å². The molecule has 1 aromatic carbocycles. The zero-order chi connectivity index (χ0) is 25.9. The van der Waals surface area contributed by atoms with Crippen LogP contribution in [0.25, 0.3) is 0 Å². The smallest absolute Gasteiger partial charge is 0.0708 e. The van der Waals surface area contributed by atoms with Gasteiger partial charge in [0.1, 0.15) is 0 Å². The van der Waals surface area contributed by atoms with E-state index in [2.05, 4.69) is 143 Å². The Morgan fingerprint density at radius 2 is 0.970 bits per heavy atom. The van der Waals surface area contributed by atoms with E-state index in [0.29, 0.717) is 0 Å². The largest absolute Gasteiger partial charge is 0.415 e. The van der Waals surface area contributed by atoms with Crippen molar-refractivity contribution in [1.29, 1.82) is 0 Å². The molecule has 33 heavy (non-hydrogen) atoms. The van der Waals surface area contributed by atoms with E-state index >= 15 is 0 Å². The minimum atomic E-state index is 0.0833. The minimum absolute atomic E-state index is 0.0833. The molecule has 0 aliphatic heterocycles. The molecule has 6 N–H and O–H groups in total. The molecule has 188 valence electrons. The summed E-state index contributed by atoms with van der Waals surface area (Å²) in [7, 11) is 0. The molecule has 0 saturated heterocycles. The van der Waals surface area contributed by atoms with Crippen LogP contribution >= 0.6 is 36.7 Å². The molecule has 3 nitrogen and oxygen atoms in total. The van der Waals surface area contributed by atoms with E-state index in [-0.39, 0.29) is 13.0 Å². The predicted molar refractivity (Wildman–Crippen MR) is 163 cm³/mol. The van der Waals surface area contributed by atoms with Crippen LogP contribution in [0.3, 0.4) is 0 Å². The van der Waals surface area contributed by atoms with Crippen molar-refractivity contribution in [2.24, 2.45) is 17.2 Å². The Bertz CT molecular complexity index is 577. The summed E-state index contributed by atoms with van der Waals surface area (Å²) < 4.78 is 1.72. The molecule has 0 fully saturated rings. The number of nitrogens with two attached hydrogens (primary N) is 3. The third-order valence-corrected chi connectivity index (χ3v) is 5.25. The fraction of sp³-hybridized carbons (Fsp3) is 0.609. The van der Waals surface area contributed by atoms with Crippen LogP contribution < -0.4 is 21.2 Å². The van der Waals surface area contributed by atoms with Gasteiger partial charge in [0.05, 0.1) is 0 Å². The minimum Gasteiger partial charge on any atom is -0.415 e. The van der Waals surface area contributed by atoms with Gasteiger partial charge in [-0.3, -0.25) is 0 Å². The zero-order valence-electron chi connectivity index (χ0n) is 19.6. The molecule has 0 unspecified atom stereocenters. The molecule has 0 radical (unpaired) electrons. The normalized spacial score (nSPS) is 9.09. The molecule has 0 amide bonds. The van der Waals surface area contributed by atoms with E-state index in [1.165, 1.54) is 87.4 Å². The second-order valence-electron chi connectivity index (χ2n) is 7.20. The van der Waals surface area contributed by atoms with Crippen LogP contribution in [-0.4, -0.2) is 13.0 Å². The third-order valence-electron chi connectivity index (χ3n) is 4.27. The standard InChI is InChI=1S/C20H33.3CH3NS2.Mo/c1-2-3-4-5-6-7-8-9-10-11-12-14-17-20-18-15-13-16-19-20;3*2-1(3)4;/h13,15-16,18H,2-12,14,17H2,1H3;3*(H3,2,3,4);/q;;;;+3/p-3.